The van der Waals surface area contributed by atoms with E-state index in [0.717, 1.165) is 12.3 Å². The van der Waals surface area contributed by atoms with E-state index in [4.69, 9.17) is 5.84 Å². The summed E-state index contributed by atoms with van der Waals surface area (Å²) < 4.78 is 0. The molecular formula is C13H20N2. The van der Waals surface area contributed by atoms with Crippen LogP contribution in [-0.4, -0.2) is 0 Å². The smallest absolute Gasteiger partial charge is 0.0465 e. The maximum Gasteiger partial charge on any atom is 0.0465 e. The Bertz CT molecular complexity index is 318. The van der Waals surface area contributed by atoms with Crippen LogP contribution in [0.15, 0.2) is 24.3 Å². The van der Waals surface area contributed by atoms with E-state index in [2.05, 4.69) is 36.6 Å². The van der Waals surface area contributed by atoms with Gasteiger partial charge in [0, 0.05) is 6.04 Å². The lowest BCUT2D eigenvalue weighted by molar-refractivity contribution is 0.484. The van der Waals surface area contributed by atoms with Crippen molar-refractivity contribution in [2.24, 2.45) is 11.8 Å². The lowest BCUT2D eigenvalue weighted by Crippen LogP contribution is -2.29. The molecule has 1 unspecified atom stereocenters. The van der Waals surface area contributed by atoms with Crippen molar-refractivity contribution in [2.75, 3.05) is 0 Å². The maximum atomic E-state index is 5.65. The van der Waals surface area contributed by atoms with Crippen molar-refractivity contribution < 1.29 is 0 Å². The van der Waals surface area contributed by atoms with Gasteiger partial charge in [0.05, 0.1) is 0 Å². The highest BCUT2D eigenvalue weighted by Crippen LogP contribution is 2.38. The zero-order chi connectivity index (χ0) is 10.7. The SMILES string of the molecule is CCc1ccccc1C(CC1CC1)NN. The van der Waals surface area contributed by atoms with Crippen molar-refractivity contribution in [3.8, 4) is 0 Å². The molecule has 1 atom stereocenters. The van der Waals surface area contributed by atoms with Gasteiger partial charge in [0.25, 0.3) is 0 Å². The lowest BCUT2D eigenvalue weighted by atomic mass is 9.95. The summed E-state index contributed by atoms with van der Waals surface area (Å²) in [6, 6.07) is 8.95. The maximum absolute atomic E-state index is 5.65. The number of hydrogen-bond donors (Lipinski definition) is 2. The van der Waals surface area contributed by atoms with E-state index in [-0.39, 0.29) is 0 Å². The van der Waals surface area contributed by atoms with Gasteiger partial charge in [0.15, 0.2) is 0 Å². The molecule has 0 bridgehead atoms. The average Bonchev–Trinajstić information content (AvgIpc) is 3.10. The fourth-order valence-electron chi connectivity index (χ4n) is 2.17. The molecule has 2 rings (SSSR count). The van der Waals surface area contributed by atoms with Gasteiger partial charge in [-0.1, -0.05) is 44.0 Å². The summed E-state index contributed by atoms with van der Waals surface area (Å²) in [6.07, 6.45) is 5.03. The molecule has 0 aromatic heterocycles. The van der Waals surface area contributed by atoms with E-state index in [0.29, 0.717) is 6.04 Å². The molecule has 15 heavy (non-hydrogen) atoms. The Kier molecular flexibility index (Phi) is 3.39. The minimum atomic E-state index is 0.341. The summed E-state index contributed by atoms with van der Waals surface area (Å²) in [5.41, 5.74) is 5.77. The van der Waals surface area contributed by atoms with Crippen molar-refractivity contribution in [2.45, 2.75) is 38.6 Å². The van der Waals surface area contributed by atoms with E-state index >= 15 is 0 Å². The van der Waals surface area contributed by atoms with Crippen molar-refractivity contribution in [1.29, 1.82) is 0 Å². The first kappa shape index (κ1) is 10.7. The molecule has 1 aromatic carbocycles. The van der Waals surface area contributed by atoms with Gasteiger partial charge in [-0.3, -0.25) is 11.3 Å². The molecule has 0 amide bonds. The zero-order valence-electron chi connectivity index (χ0n) is 9.37. The molecule has 82 valence electrons. The van der Waals surface area contributed by atoms with Crippen LogP contribution >= 0.6 is 0 Å². The molecule has 1 aliphatic rings. The van der Waals surface area contributed by atoms with Crippen molar-refractivity contribution in [3.63, 3.8) is 0 Å². The minimum Gasteiger partial charge on any atom is -0.271 e. The van der Waals surface area contributed by atoms with Gasteiger partial charge in [-0.2, -0.15) is 0 Å². The summed E-state index contributed by atoms with van der Waals surface area (Å²) in [5.74, 6) is 6.55. The van der Waals surface area contributed by atoms with Gasteiger partial charge >= 0.3 is 0 Å². The normalized spacial score (nSPS) is 17.7. The van der Waals surface area contributed by atoms with Crippen molar-refractivity contribution in [3.05, 3.63) is 35.4 Å². The number of aryl methyl sites for hydroxylation is 1. The fraction of sp³-hybridized carbons (Fsp3) is 0.538. The Labute approximate surface area is 91.8 Å². The topological polar surface area (TPSA) is 38.0 Å². The van der Waals surface area contributed by atoms with E-state index < -0.39 is 0 Å². The molecule has 1 saturated carbocycles. The Morgan fingerprint density at radius 1 is 1.40 bits per heavy atom. The van der Waals surface area contributed by atoms with Gasteiger partial charge in [-0.05, 0) is 29.9 Å². The quantitative estimate of drug-likeness (QED) is 0.571. The van der Waals surface area contributed by atoms with Crippen LogP contribution in [0.25, 0.3) is 0 Å². The summed E-state index contributed by atoms with van der Waals surface area (Å²) in [5, 5.41) is 0. The van der Waals surface area contributed by atoms with Crippen LogP contribution in [0, 0.1) is 5.92 Å². The second-order valence-corrected chi connectivity index (χ2v) is 4.45. The van der Waals surface area contributed by atoms with Gasteiger partial charge in [0.1, 0.15) is 0 Å². The fourth-order valence-corrected chi connectivity index (χ4v) is 2.17. The average molecular weight is 204 g/mol. The zero-order valence-corrected chi connectivity index (χ0v) is 9.37. The Balaban J connectivity index is 2.15. The van der Waals surface area contributed by atoms with Crippen LogP contribution in [0.5, 0.6) is 0 Å². The van der Waals surface area contributed by atoms with Crippen LogP contribution in [0.2, 0.25) is 0 Å². The van der Waals surface area contributed by atoms with Crippen LogP contribution < -0.4 is 11.3 Å². The van der Waals surface area contributed by atoms with Gasteiger partial charge in [0.2, 0.25) is 0 Å². The summed E-state index contributed by atoms with van der Waals surface area (Å²) in [7, 11) is 0. The molecule has 0 aliphatic heterocycles. The monoisotopic (exact) mass is 204 g/mol. The molecule has 0 saturated heterocycles. The Hall–Kier alpha value is -0.860. The second kappa shape index (κ2) is 4.77. The molecule has 0 spiro atoms. The number of hydrogen-bond acceptors (Lipinski definition) is 2. The van der Waals surface area contributed by atoms with Crippen LogP contribution in [-0.2, 0) is 6.42 Å². The number of hydrazine groups is 1. The lowest BCUT2D eigenvalue weighted by Gasteiger charge is -2.19. The predicted molar refractivity (Wildman–Crippen MR) is 63.2 cm³/mol. The third-order valence-electron chi connectivity index (χ3n) is 3.28. The molecule has 1 fully saturated rings. The number of nitrogens with two attached hydrogens (primary N) is 1. The predicted octanol–water partition coefficient (Wildman–Crippen LogP) is 2.55. The third kappa shape index (κ3) is 2.58. The number of rotatable bonds is 5. The summed E-state index contributed by atoms with van der Waals surface area (Å²) >= 11 is 0. The molecule has 1 aromatic rings. The van der Waals surface area contributed by atoms with Gasteiger partial charge in [-0.25, -0.2) is 0 Å². The van der Waals surface area contributed by atoms with Gasteiger partial charge < -0.3 is 0 Å². The standard InChI is InChI=1S/C13H20N2/c1-2-11-5-3-4-6-12(11)13(15-14)9-10-7-8-10/h3-6,10,13,15H,2,7-9,14H2,1H3. The third-order valence-corrected chi connectivity index (χ3v) is 3.28. The molecule has 1 aliphatic carbocycles. The number of benzene rings is 1. The van der Waals surface area contributed by atoms with E-state index in [9.17, 15) is 0 Å². The summed E-state index contributed by atoms with van der Waals surface area (Å²) in [6.45, 7) is 2.20. The van der Waals surface area contributed by atoms with Gasteiger partial charge in [-0.15, -0.1) is 0 Å². The first-order valence-corrected chi connectivity index (χ1v) is 5.89. The first-order chi connectivity index (χ1) is 7.35. The highest BCUT2D eigenvalue weighted by molar-refractivity contribution is 5.30. The van der Waals surface area contributed by atoms with E-state index in [1.54, 1.807) is 0 Å². The first-order valence-electron chi connectivity index (χ1n) is 5.89. The molecule has 2 nitrogen and oxygen atoms in total. The van der Waals surface area contributed by atoms with Crippen molar-refractivity contribution in [1.82, 2.24) is 5.43 Å². The van der Waals surface area contributed by atoms with Crippen LogP contribution in [0.1, 0.15) is 43.4 Å². The van der Waals surface area contributed by atoms with E-state index in [1.807, 2.05) is 0 Å². The summed E-state index contributed by atoms with van der Waals surface area (Å²) in [4.78, 5) is 0. The highest BCUT2D eigenvalue weighted by Gasteiger charge is 2.26. The largest absolute Gasteiger partial charge is 0.271 e. The molecule has 3 N–H and O–H groups in total. The Morgan fingerprint density at radius 3 is 2.73 bits per heavy atom. The number of nitrogens with one attached hydrogen (secondary N) is 1. The second-order valence-electron chi connectivity index (χ2n) is 4.45. The minimum absolute atomic E-state index is 0.341. The molecule has 2 heteroatoms. The molecular weight excluding hydrogens is 184 g/mol. The highest BCUT2D eigenvalue weighted by atomic mass is 15.2. The van der Waals surface area contributed by atoms with E-state index in [1.165, 1.54) is 30.4 Å². The Morgan fingerprint density at radius 2 is 2.13 bits per heavy atom. The van der Waals surface area contributed by atoms with Crippen LogP contribution in [0.4, 0.5) is 0 Å². The molecule has 0 heterocycles. The van der Waals surface area contributed by atoms with Crippen molar-refractivity contribution >= 4 is 0 Å². The molecule has 0 radical (unpaired) electrons. The van der Waals surface area contributed by atoms with Crippen LogP contribution in [0.3, 0.4) is 0 Å².